The quantitative estimate of drug-likeness (QED) is 0.529. The number of rotatable bonds is 5. The molecule has 0 saturated carbocycles. The maximum absolute atomic E-state index is 12.2. The van der Waals surface area contributed by atoms with Gasteiger partial charge in [0.25, 0.3) is 0 Å². The Morgan fingerprint density at radius 1 is 0.966 bits per heavy atom. The fraction of sp³-hybridized carbons (Fsp3) is 0.167. The van der Waals surface area contributed by atoms with Crippen LogP contribution < -0.4 is 10.5 Å². The first-order valence-electron chi connectivity index (χ1n) is 9.30. The molecule has 0 unspecified atom stereocenters. The lowest BCUT2D eigenvalue weighted by molar-refractivity contribution is -0.139. The van der Waals surface area contributed by atoms with Crippen LogP contribution in [0.4, 0.5) is 0 Å². The molecule has 0 bridgehead atoms. The molecule has 1 amide bonds. The van der Waals surface area contributed by atoms with Gasteiger partial charge >= 0.3 is 5.97 Å². The van der Waals surface area contributed by atoms with Crippen LogP contribution in [0.15, 0.2) is 54.6 Å². The molecule has 0 atom stereocenters. The van der Waals surface area contributed by atoms with Gasteiger partial charge in [-0.1, -0.05) is 30.3 Å². The molecule has 0 fully saturated rings. The SMILES string of the molecule is COC(=O)Cc1ccc2c(c1)Cc1c(C(N)=O)cc(-c3cccc(OC)c3)cc1-2. The number of methoxy groups -OCH3 is 2. The first-order chi connectivity index (χ1) is 14.0. The third kappa shape index (κ3) is 3.47. The monoisotopic (exact) mass is 387 g/mol. The average molecular weight is 387 g/mol. The van der Waals surface area contributed by atoms with Crippen LogP contribution in [-0.2, 0) is 22.4 Å². The minimum absolute atomic E-state index is 0.220. The summed E-state index contributed by atoms with van der Waals surface area (Å²) < 4.78 is 10.1. The summed E-state index contributed by atoms with van der Waals surface area (Å²) in [6.07, 6.45) is 0.828. The van der Waals surface area contributed by atoms with Crippen molar-refractivity contribution in [1.82, 2.24) is 0 Å². The van der Waals surface area contributed by atoms with Crippen LogP contribution in [0.5, 0.6) is 5.75 Å². The third-order valence-corrected chi connectivity index (χ3v) is 5.32. The molecule has 0 heterocycles. The highest BCUT2D eigenvalue weighted by atomic mass is 16.5. The molecule has 2 N–H and O–H groups in total. The minimum Gasteiger partial charge on any atom is -0.497 e. The van der Waals surface area contributed by atoms with Crippen molar-refractivity contribution >= 4 is 11.9 Å². The number of nitrogens with two attached hydrogens (primary N) is 1. The number of carbonyl (C=O) groups excluding carboxylic acids is 2. The number of hydrogen-bond acceptors (Lipinski definition) is 4. The van der Waals surface area contributed by atoms with Crippen LogP contribution in [0, 0.1) is 0 Å². The molecule has 1 aliphatic carbocycles. The van der Waals surface area contributed by atoms with Gasteiger partial charge in [0.15, 0.2) is 0 Å². The maximum Gasteiger partial charge on any atom is 0.309 e. The van der Waals surface area contributed by atoms with Gasteiger partial charge in [-0.25, -0.2) is 0 Å². The van der Waals surface area contributed by atoms with Crippen molar-refractivity contribution in [2.45, 2.75) is 12.8 Å². The second-order valence-corrected chi connectivity index (χ2v) is 7.07. The van der Waals surface area contributed by atoms with E-state index in [1.54, 1.807) is 7.11 Å². The molecular formula is C24H21NO4. The Labute approximate surface area is 169 Å². The molecule has 3 aromatic carbocycles. The maximum atomic E-state index is 12.2. The second-order valence-electron chi connectivity index (χ2n) is 7.07. The number of benzene rings is 3. The van der Waals surface area contributed by atoms with Crippen molar-refractivity contribution in [3.63, 3.8) is 0 Å². The summed E-state index contributed by atoms with van der Waals surface area (Å²) in [4.78, 5) is 23.8. The Morgan fingerprint density at radius 2 is 1.79 bits per heavy atom. The normalized spacial score (nSPS) is 11.5. The summed E-state index contributed by atoms with van der Waals surface area (Å²) in [5.41, 5.74) is 13.0. The van der Waals surface area contributed by atoms with Gasteiger partial charge < -0.3 is 15.2 Å². The largest absolute Gasteiger partial charge is 0.497 e. The molecule has 3 aromatic rings. The van der Waals surface area contributed by atoms with Gasteiger partial charge in [-0.2, -0.15) is 0 Å². The van der Waals surface area contributed by atoms with E-state index in [1.165, 1.54) is 7.11 Å². The molecule has 146 valence electrons. The lowest BCUT2D eigenvalue weighted by Crippen LogP contribution is -2.13. The summed E-state index contributed by atoms with van der Waals surface area (Å²) in [5, 5.41) is 0. The van der Waals surface area contributed by atoms with Gasteiger partial charge in [0.2, 0.25) is 5.91 Å². The molecule has 5 nitrogen and oxygen atoms in total. The van der Waals surface area contributed by atoms with E-state index in [0.717, 1.165) is 44.7 Å². The Kier molecular flexibility index (Phi) is 4.80. The summed E-state index contributed by atoms with van der Waals surface area (Å²) in [5.74, 6) is 0.0173. The fourth-order valence-corrected chi connectivity index (χ4v) is 3.89. The van der Waals surface area contributed by atoms with E-state index < -0.39 is 5.91 Å². The lowest BCUT2D eigenvalue weighted by atomic mass is 9.94. The van der Waals surface area contributed by atoms with Crippen molar-refractivity contribution in [1.29, 1.82) is 0 Å². The van der Waals surface area contributed by atoms with E-state index >= 15 is 0 Å². The van der Waals surface area contributed by atoms with E-state index in [4.69, 9.17) is 15.2 Å². The molecule has 5 heteroatoms. The van der Waals surface area contributed by atoms with Crippen LogP contribution in [0.2, 0.25) is 0 Å². The summed E-state index contributed by atoms with van der Waals surface area (Å²) in [6.45, 7) is 0. The fourth-order valence-electron chi connectivity index (χ4n) is 3.89. The molecule has 1 aliphatic rings. The number of ether oxygens (including phenoxy) is 2. The molecule has 29 heavy (non-hydrogen) atoms. The highest BCUT2D eigenvalue weighted by Crippen LogP contribution is 2.41. The van der Waals surface area contributed by atoms with Crippen LogP contribution in [0.1, 0.15) is 27.0 Å². The lowest BCUT2D eigenvalue weighted by Gasteiger charge is -2.11. The van der Waals surface area contributed by atoms with Crippen molar-refractivity contribution in [2.75, 3.05) is 14.2 Å². The third-order valence-electron chi connectivity index (χ3n) is 5.32. The minimum atomic E-state index is -0.450. The van der Waals surface area contributed by atoms with Crippen LogP contribution in [0.25, 0.3) is 22.3 Å². The number of primary amides is 1. The highest BCUT2D eigenvalue weighted by Gasteiger charge is 2.25. The van der Waals surface area contributed by atoms with Crippen LogP contribution in [-0.4, -0.2) is 26.1 Å². The molecule has 4 rings (SSSR count). The molecular weight excluding hydrogens is 366 g/mol. The van der Waals surface area contributed by atoms with Gasteiger partial charge in [0.05, 0.1) is 20.6 Å². The molecule has 0 aliphatic heterocycles. The first kappa shape index (κ1) is 18.7. The zero-order valence-electron chi connectivity index (χ0n) is 16.3. The van der Waals surface area contributed by atoms with Crippen LogP contribution in [0.3, 0.4) is 0 Å². The van der Waals surface area contributed by atoms with E-state index in [0.29, 0.717) is 12.0 Å². The Bertz CT molecular complexity index is 1130. The smallest absolute Gasteiger partial charge is 0.309 e. The van der Waals surface area contributed by atoms with E-state index in [2.05, 4.69) is 6.07 Å². The zero-order chi connectivity index (χ0) is 20.5. The molecule has 0 spiro atoms. The second kappa shape index (κ2) is 7.43. The predicted octanol–water partition coefficient (Wildman–Crippen LogP) is 3.75. The van der Waals surface area contributed by atoms with Gasteiger partial charge in [-0.3, -0.25) is 9.59 Å². The summed E-state index contributed by atoms with van der Waals surface area (Å²) in [6, 6.07) is 17.6. The predicted molar refractivity (Wildman–Crippen MR) is 111 cm³/mol. The Hall–Kier alpha value is -3.60. The van der Waals surface area contributed by atoms with E-state index in [9.17, 15) is 9.59 Å². The van der Waals surface area contributed by atoms with Gasteiger partial charge in [0, 0.05) is 5.56 Å². The summed E-state index contributed by atoms with van der Waals surface area (Å²) >= 11 is 0. The first-order valence-corrected chi connectivity index (χ1v) is 9.30. The van der Waals surface area contributed by atoms with Crippen molar-refractivity contribution in [3.05, 3.63) is 76.9 Å². The molecule has 0 aromatic heterocycles. The molecule has 0 saturated heterocycles. The highest BCUT2D eigenvalue weighted by molar-refractivity contribution is 6.00. The number of amides is 1. The van der Waals surface area contributed by atoms with Gasteiger partial charge in [0.1, 0.15) is 5.75 Å². The summed E-state index contributed by atoms with van der Waals surface area (Å²) in [7, 11) is 3.00. The van der Waals surface area contributed by atoms with Crippen molar-refractivity contribution < 1.29 is 19.1 Å². The van der Waals surface area contributed by atoms with Crippen molar-refractivity contribution in [3.8, 4) is 28.0 Å². The average Bonchev–Trinajstić information content (AvgIpc) is 3.10. The number of fused-ring (bicyclic) bond motifs is 3. The standard InChI is InChI=1S/C24H21NO4/c1-28-18-5-3-4-15(10-18)16-11-20-19-7-6-14(9-23(26)29-2)8-17(19)13-21(20)22(12-16)24(25)27/h3-8,10-12H,9,13H2,1-2H3,(H2,25,27). The number of esters is 1. The van der Waals surface area contributed by atoms with Crippen LogP contribution >= 0.6 is 0 Å². The van der Waals surface area contributed by atoms with Gasteiger partial charge in [-0.05, 0) is 69.6 Å². The van der Waals surface area contributed by atoms with E-state index in [-0.39, 0.29) is 12.4 Å². The van der Waals surface area contributed by atoms with Crippen molar-refractivity contribution in [2.24, 2.45) is 5.73 Å². The Balaban J connectivity index is 1.82. The van der Waals surface area contributed by atoms with Gasteiger partial charge in [-0.15, -0.1) is 0 Å². The zero-order valence-corrected chi connectivity index (χ0v) is 16.3. The Morgan fingerprint density at radius 3 is 2.52 bits per heavy atom. The topological polar surface area (TPSA) is 78.6 Å². The molecule has 0 radical (unpaired) electrons. The number of carbonyl (C=O) groups is 2. The number of hydrogen-bond donors (Lipinski definition) is 1. The van der Waals surface area contributed by atoms with E-state index in [1.807, 2.05) is 48.5 Å².